The average molecular weight is 431 g/mol. The van der Waals surface area contributed by atoms with E-state index < -0.39 is 5.97 Å². The summed E-state index contributed by atoms with van der Waals surface area (Å²) >= 11 is 3.60. The molecule has 0 fully saturated rings. The van der Waals surface area contributed by atoms with Crippen molar-refractivity contribution in [3.8, 4) is 5.75 Å². The average Bonchev–Trinajstić information content (AvgIpc) is 3.07. The Morgan fingerprint density at radius 3 is 2.70 bits per heavy atom. The number of aromatic carboxylic acids is 1. The number of nitrogens with zero attached hydrogens (tertiary/aromatic N) is 2. The number of carbonyl (C=O) groups is 1. The first-order chi connectivity index (χ1) is 13.0. The molecule has 0 unspecified atom stereocenters. The van der Waals surface area contributed by atoms with Crippen molar-refractivity contribution in [2.75, 3.05) is 6.61 Å². The van der Waals surface area contributed by atoms with Crippen LogP contribution in [0, 0.1) is 5.92 Å². The molecule has 3 aromatic rings. The fourth-order valence-corrected chi connectivity index (χ4v) is 3.38. The topological polar surface area (TPSA) is 64.4 Å². The van der Waals surface area contributed by atoms with Crippen LogP contribution in [-0.2, 0) is 6.54 Å². The predicted molar refractivity (Wildman–Crippen MR) is 110 cm³/mol. The van der Waals surface area contributed by atoms with E-state index in [9.17, 15) is 4.79 Å². The largest absolute Gasteiger partial charge is 0.493 e. The van der Waals surface area contributed by atoms with Crippen molar-refractivity contribution in [3.05, 3.63) is 58.2 Å². The molecule has 0 spiro atoms. The Hall–Kier alpha value is -2.34. The zero-order valence-corrected chi connectivity index (χ0v) is 17.1. The smallest absolute Gasteiger partial charge is 0.335 e. The zero-order chi connectivity index (χ0) is 19.4. The first-order valence-electron chi connectivity index (χ1n) is 9.11. The molecule has 0 aliphatic rings. The first kappa shape index (κ1) is 19.4. The number of carboxylic acid groups (broad SMARTS) is 1. The minimum atomic E-state index is -0.935. The van der Waals surface area contributed by atoms with Crippen LogP contribution in [0.5, 0.6) is 5.75 Å². The highest BCUT2D eigenvalue weighted by atomic mass is 79.9. The third kappa shape index (κ3) is 4.50. The van der Waals surface area contributed by atoms with Gasteiger partial charge in [-0.3, -0.25) is 4.68 Å². The van der Waals surface area contributed by atoms with Crippen LogP contribution in [-0.4, -0.2) is 27.5 Å². The van der Waals surface area contributed by atoms with Crippen LogP contribution >= 0.6 is 15.9 Å². The molecule has 27 heavy (non-hydrogen) atoms. The molecule has 1 aromatic heterocycles. The second kappa shape index (κ2) is 8.57. The van der Waals surface area contributed by atoms with Crippen LogP contribution in [0.2, 0.25) is 0 Å². The lowest BCUT2D eigenvalue weighted by molar-refractivity contribution is 0.0697. The number of carboxylic acids is 1. The number of benzene rings is 2. The van der Waals surface area contributed by atoms with Crippen LogP contribution in [0.15, 0.2) is 47.1 Å². The van der Waals surface area contributed by atoms with Crippen LogP contribution in [0.3, 0.4) is 0 Å². The normalized spacial score (nSPS) is 11.3. The van der Waals surface area contributed by atoms with E-state index in [2.05, 4.69) is 34.9 Å². The van der Waals surface area contributed by atoms with Crippen molar-refractivity contribution in [2.24, 2.45) is 5.92 Å². The number of ether oxygens (including phenoxy) is 1. The summed E-state index contributed by atoms with van der Waals surface area (Å²) in [6.45, 7) is 5.65. The molecule has 6 heteroatoms. The molecule has 2 aromatic carbocycles. The van der Waals surface area contributed by atoms with E-state index in [1.54, 1.807) is 24.4 Å². The van der Waals surface area contributed by atoms with Crippen molar-refractivity contribution in [1.82, 2.24) is 9.78 Å². The Bertz CT molecular complexity index is 948. The standard InChI is InChI=1S/C21H23BrN2O3/c1-3-14(4-2)13-27-18-6-7-19(22)17(10-18)12-24-20-8-5-15(21(25)26)9-16(20)11-23-24/h5-11,14H,3-4,12-13H2,1-2H3,(H,25,26). The Morgan fingerprint density at radius 2 is 2.00 bits per heavy atom. The summed E-state index contributed by atoms with van der Waals surface area (Å²) in [4.78, 5) is 11.1. The molecule has 5 nitrogen and oxygen atoms in total. The van der Waals surface area contributed by atoms with E-state index in [4.69, 9.17) is 9.84 Å². The van der Waals surface area contributed by atoms with Gasteiger partial charge in [0.05, 0.1) is 30.4 Å². The molecular formula is C21H23BrN2O3. The number of aromatic nitrogens is 2. The van der Waals surface area contributed by atoms with Gasteiger partial charge in [-0.15, -0.1) is 0 Å². The highest BCUT2D eigenvalue weighted by Crippen LogP contribution is 2.26. The third-order valence-electron chi connectivity index (χ3n) is 4.87. The lowest BCUT2D eigenvalue weighted by atomic mass is 10.1. The summed E-state index contributed by atoms with van der Waals surface area (Å²) in [5, 5.41) is 14.4. The van der Waals surface area contributed by atoms with Gasteiger partial charge in [-0.1, -0.05) is 42.6 Å². The molecule has 0 saturated carbocycles. The molecule has 1 heterocycles. The minimum absolute atomic E-state index is 0.264. The minimum Gasteiger partial charge on any atom is -0.493 e. The molecule has 0 bridgehead atoms. The van der Waals surface area contributed by atoms with Gasteiger partial charge >= 0.3 is 5.97 Å². The third-order valence-corrected chi connectivity index (χ3v) is 5.64. The maximum atomic E-state index is 11.1. The van der Waals surface area contributed by atoms with Crippen molar-refractivity contribution >= 4 is 32.8 Å². The second-order valence-corrected chi connectivity index (χ2v) is 7.48. The molecule has 0 aliphatic heterocycles. The highest BCUT2D eigenvalue weighted by molar-refractivity contribution is 9.10. The quantitative estimate of drug-likeness (QED) is 0.522. The first-order valence-corrected chi connectivity index (χ1v) is 9.91. The highest BCUT2D eigenvalue weighted by Gasteiger charge is 2.11. The summed E-state index contributed by atoms with van der Waals surface area (Å²) < 4.78 is 8.83. The Kier molecular flexibility index (Phi) is 6.16. The maximum absolute atomic E-state index is 11.1. The van der Waals surface area contributed by atoms with Crippen molar-refractivity contribution < 1.29 is 14.6 Å². The van der Waals surface area contributed by atoms with Crippen molar-refractivity contribution in [3.63, 3.8) is 0 Å². The molecule has 0 aliphatic carbocycles. The SMILES string of the molecule is CCC(CC)COc1ccc(Br)c(Cn2ncc3cc(C(=O)O)ccc32)c1. The molecule has 0 atom stereocenters. The van der Waals surface area contributed by atoms with E-state index in [0.717, 1.165) is 46.1 Å². The number of fused-ring (bicyclic) bond motifs is 1. The fraction of sp³-hybridized carbons (Fsp3) is 0.333. The summed E-state index contributed by atoms with van der Waals surface area (Å²) in [5.74, 6) is 0.481. The molecular weight excluding hydrogens is 408 g/mol. The van der Waals surface area contributed by atoms with Gasteiger partial charge in [-0.25, -0.2) is 4.79 Å². The van der Waals surface area contributed by atoms with Gasteiger partial charge < -0.3 is 9.84 Å². The van der Waals surface area contributed by atoms with E-state index >= 15 is 0 Å². The summed E-state index contributed by atoms with van der Waals surface area (Å²) in [5.41, 5.74) is 2.22. The number of hydrogen-bond acceptors (Lipinski definition) is 3. The second-order valence-electron chi connectivity index (χ2n) is 6.63. The van der Waals surface area contributed by atoms with Gasteiger partial charge in [-0.05, 0) is 47.9 Å². The maximum Gasteiger partial charge on any atom is 0.335 e. The number of hydrogen-bond donors (Lipinski definition) is 1. The van der Waals surface area contributed by atoms with Gasteiger partial charge in [0.2, 0.25) is 0 Å². The summed E-state index contributed by atoms with van der Waals surface area (Å²) in [7, 11) is 0. The summed E-state index contributed by atoms with van der Waals surface area (Å²) in [6.07, 6.45) is 3.91. The van der Waals surface area contributed by atoms with Crippen LogP contribution in [0.1, 0.15) is 42.6 Å². The van der Waals surface area contributed by atoms with E-state index in [1.807, 2.05) is 22.9 Å². The number of halogens is 1. The van der Waals surface area contributed by atoms with E-state index in [0.29, 0.717) is 12.5 Å². The van der Waals surface area contributed by atoms with Crippen LogP contribution in [0.4, 0.5) is 0 Å². The lowest BCUT2D eigenvalue weighted by Crippen LogP contribution is -2.10. The van der Waals surface area contributed by atoms with Gasteiger partial charge in [0, 0.05) is 9.86 Å². The summed E-state index contributed by atoms with van der Waals surface area (Å²) in [6, 6.07) is 11.0. The van der Waals surface area contributed by atoms with Gasteiger partial charge in [0.25, 0.3) is 0 Å². The van der Waals surface area contributed by atoms with Crippen LogP contribution < -0.4 is 4.74 Å². The van der Waals surface area contributed by atoms with Crippen molar-refractivity contribution in [1.29, 1.82) is 0 Å². The zero-order valence-electron chi connectivity index (χ0n) is 15.5. The van der Waals surface area contributed by atoms with Crippen LogP contribution in [0.25, 0.3) is 10.9 Å². The molecule has 3 rings (SSSR count). The number of rotatable bonds is 8. The van der Waals surface area contributed by atoms with Crippen molar-refractivity contribution in [2.45, 2.75) is 33.2 Å². The Morgan fingerprint density at radius 1 is 1.22 bits per heavy atom. The lowest BCUT2D eigenvalue weighted by Gasteiger charge is -2.15. The monoisotopic (exact) mass is 430 g/mol. The van der Waals surface area contributed by atoms with Gasteiger partial charge in [0.1, 0.15) is 5.75 Å². The molecule has 0 saturated heterocycles. The van der Waals surface area contributed by atoms with E-state index in [1.165, 1.54) is 0 Å². The Balaban J connectivity index is 1.81. The molecule has 0 radical (unpaired) electrons. The molecule has 0 amide bonds. The van der Waals surface area contributed by atoms with Gasteiger partial charge in [-0.2, -0.15) is 5.10 Å². The molecule has 1 N–H and O–H groups in total. The predicted octanol–water partition coefficient (Wildman–Crippen LogP) is 5.36. The fourth-order valence-electron chi connectivity index (χ4n) is 3.01. The van der Waals surface area contributed by atoms with Gasteiger partial charge in [0.15, 0.2) is 0 Å². The van der Waals surface area contributed by atoms with E-state index in [-0.39, 0.29) is 5.56 Å². The Labute approximate surface area is 167 Å². The molecule has 142 valence electrons.